The van der Waals surface area contributed by atoms with E-state index >= 15 is 0 Å². The highest BCUT2D eigenvalue weighted by Gasteiger charge is 2.41. The topological polar surface area (TPSA) is 36.9 Å². The molecule has 0 saturated carbocycles. The molecule has 0 N–H and O–H groups in total. The van der Waals surface area contributed by atoms with E-state index in [0.29, 0.717) is 19.8 Å². The second-order valence-electron chi connectivity index (χ2n) is 7.76. The molecule has 4 atom stereocenters. The minimum Gasteiger partial charge on any atom is -0.368 e. The predicted octanol–water partition coefficient (Wildman–Crippen LogP) is 5.32. The number of hydrogen-bond donors (Lipinski definition) is 0. The van der Waals surface area contributed by atoms with E-state index in [-0.39, 0.29) is 24.4 Å². The third-order valence-electron chi connectivity index (χ3n) is 5.39. The van der Waals surface area contributed by atoms with E-state index in [1.165, 1.54) is 0 Å². The zero-order valence-corrected chi connectivity index (χ0v) is 17.8. The number of rotatable bonds is 9. The van der Waals surface area contributed by atoms with Gasteiger partial charge in [0.05, 0.1) is 25.9 Å². The van der Waals surface area contributed by atoms with Crippen LogP contribution in [0.25, 0.3) is 0 Å². The molecule has 1 aliphatic rings. The van der Waals surface area contributed by atoms with Gasteiger partial charge in [0.1, 0.15) is 24.9 Å². The van der Waals surface area contributed by atoms with Crippen LogP contribution in [-0.4, -0.2) is 24.4 Å². The second-order valence-corrected chi connectivity index (χ2v) is 7.76. The summed E-state index contributed by atoms with van der Waals surface area (Å²) in [6.45, 7) is 5.23. The molecule has 1 radical (unpaired) electrons. The van der Waals surface area contributed by atoms with Crippen molar-refractivity contribution in [2.24, 2.45) is 0 Å². The summed E-state index contributed by atoms with van der Waals surface area (Å²) in [5.74, 6) is 0. The summed E-state index contributed by atoms with van der Waals surface area (Å²) in [5, 5.41) is 0. The lowest BCUT2D eigenvalue weighted by atomic mass is 10.00. The van der Waals surface area contributed by atoms with Crippen molar-refractivity contribution in [3.05, 3.63) is 114 Å². The van der Waals surface area contributed by atoms with E-state index in [1.54, 1.807) is 6.61 Å². The fourth-order valence-corrected chi connectivity index (χ4v) is 3.66. The first-order valence-electron chi connectivity index (χ1n) is 10.7. The Morgan fingerprint density at radius 1 is 0.581 bits per heavy atom. The maximum atomic E-state index is 6.38. The van der Waals surface area contributed by atoms with Crippen molar-refractivity contribution in [1.29, 1.82) is 0 Å². The molecular weight excluding hydrogens is 388 g/mol. The van der Waals surface area contributed by atoms with Gasteiger partial charge in [0.25, 0.3) is 0 Å². The van der Waals surface area contributed by atoms with Crippen molar-refractivity contribution in [2.45, 2.75) is 51.2 Å². The quantitative estimate of drug-likeness (QED) is 0.472. The minimum absolute atomic E-state index is 0.138. The van der Waals surface area contributed by atoms with Gasteiger partial charge < -0.3 is 18.9 Å². The molecule has 4 nitrogen and oxygen atoms in total. The van der Waals surface area contributed by atoms with Crippen LogP contribution in [0.2, 0.25) is 0 Å². The van der Waals surface area contributed by atoms with Gasteiger partial charge in [-0.1, -0.05) is 91.0 Å². The van der Waals surface area contributed by atoms with Crippen molar-refractivity contribution in [1.82, 2.24) is 0 Å². The molecule has 0 amide bonds. The molecule has 4 rings (SSSR count). The minimum atomic E-state index is -0.333. The van der Waals surface area contributed by atoms with Gasteiger partial charge in [-0.05, 0) is 23.6 Å². The third kappa shape index (κ3) is 6.25. The van der Waals surface area contributed by atoms with Crippen LogP contribution in [0.3, 0.4) is 0 Å². The highest BCUT2D eigenvalue weighted by Crippen LogP contribution is 2.28. The summed E-state index contributed by atoms with van der Waals surface area (Å²) in [4.78, 5) is 0. The SMILES string of the molecule is C[C@H]1O[CH][C@@H](OCc2ccccc2)[C@@H](OCc2ccccc2)[C@@H]1OCc1ccccc1. The van der Waals surface area contributed by atoms with Crippen molar-refractivity contribution in [3.63, 3.8) is 0 Å². The molecule has 1 heterocycles. The van der Waals surface area contributed by atoms with Gasteiger partial charge in [0, 0.05) is 0 Å². The summed E-state index contributed by atoms with van der Waals surface area (Å²) in [6.07, 6.45) is -1.01. The molecule has 0 aromatic heterocycles. The van der Waals surface area contributed by atoms with Crippen molar-refractivity contribution < 1.29 is 18.9 Å². The van der Waals surface area contributed by atoms with E-state index in [4.69, 9.17) is 18.9 Å². The van der Waals surface area contributed by atoms with Crippen LogP contribution in [0.1, 0.15) is 23.6 Å². The number of hydrogen-bond acceptors (Lipinski definition) is 4. The Kier molecular flexibility index (Phi) is 7.86. The first kappa shape index (κ1) is 21.7. The Morgan fingerprint density at radius 3 is 1.48 bits per heavy atom. The molecule has 0 bridgehead atoms. The smallest absolute Gasteiger partial charge is 0.116 e. The molecule has 3 aromatic rings. The summed E-state index contributed by atoms with van der Waals surface area (Å²) < 4.78 is 24.8. The lowest BCUT2D eigenvalue weighted by Gasteiger charge is -2.40. The van der Waals surface area contributed by atoms with Crippen molar-refractivity contribution >= 4 is 0 Å². The normalized spacial score (nSPS) is 23.5. The first-order chi connectivity index (χ1) is 15.3. The second kappa shape index (κ2) is 11.2. The Labute approximate surface area is 184 Å². The molecular formula is C27H29O4. The fraction of sp³-hybridized carbons (Fsp3) is 0.296. The third-order valence-corrected chi connectivity index (χ3v) is 5.39. The molecule has 161 valence electrons. The van der Waals surface area contributed by atoms with E-state index < -0.39 is 0 Å². The fourth-order valence-electron chi connectivity index (χ4n) is 3.66. The van der Waals surface area contributed by atoms with Crippen LogP contribution in [0.4, 0.5) is 0 Å². The van der Waals surface area contributed by atoms with Crippen LogP contribution in [0, 0.1) is 6.61 Å². The summed E-state index contributed by atoms with van der Waals surface area (Å²) in [6, 6.07) is 30.4. The standard InChI is InChI=1S/C27H29O4/c1-21-26(30-18-23-13-7-3-8-14-23)27(31-19-24-15-9-4-10-16-24)25(20-28-21)29-17-22-11-5-2-6-12-22/h2-16,20-21,25-27H,17-19H2,1H3/t21-,25-,26-,27-/m1/s1. The molecule has 3 aromatic carbocycles. The molecule has 1 aliphatic heterocycles. The van der Waals surface area contributed by atoms with Crippen LogP contribution in [0.15, 0.2) is 91.0 Å². The Balaban J connectivity index is 1.46. The molecule has 0 aliphatic carbocycles. The van der Waals surface area contributed by atoms with E-state index in [0.717, 1.165) is 16.7 Å². The van der Waals surface area contributed by atoms with E-state index in [2.05, 4.69) is 36.4 Å². The highest BCUT2D eigenvalue weighted by atomic mass is 16.6. The Bertz CT molecular complexity index is 885. The molecule has 0 unspecified atom stereocenters. The summed E-state index contributed by atoms with van der Waals surface area (Å²) >= 11 is 0. The van der Waals surface area contributed by atoms with E-state index in [1.807, 2.05) is 61.5 Å². The molecule has 0 spiro atoms. The predicted molar refractivity (Wildman–Crippen MR) is 120 cm³/mol. The average molecular weight is 418 g/mol. The van der Waals surface area contributed by atoms with Crippen molar-refractivity contribution in [3.8, 4) is 0 Å². The number of benzene rings is 3. The van der Waals surface area contributed by atoms with Gasteiger partial charge in [-0.2, -0.15) is 0 Å². The maximum absolute atomic E-state index is 6.38. The summed E-state index contributed by atoms with van der Waals surface area (Å²) in [7, 11) is 0. The van der Waals surface area contributed by atoms with Gasteiger partial charge >= 0.3 is 0 Å². The zero-order chi connectivity index (χ0) is 21.3. The van der Waals surface area contributed by atoms with Crippen molar-refractivity contribution in [2.75, 3.05) is 0 Å². The highest BCUT2D eigenvalue weighted by molar-refractivity contribution is 5.15. The Morgan fingerprint density at radius 2 is 1.00 bits per heavy atom. The maximum Gasteiger partial charge on any atom is 0.116 e. The first-order valence-corrected chi connectivity index (χ1v) is 10.7. The van der Waals surface area contributed by atoms with Gasteiger partial charge in [0.15, 0.2) is 0 Å². The van der Waals surface area contributed by atoms with Crippen LogP contribution in [0.5, 0.6) is 0 Å². The van der Waals surface area contributed by atoms with E-state index in [9.17, 15) is 0 Å². The zero-order valence-electron chi connectivity index (χ0n) is 17.8. The van der Waals surface area contributed by atoms with Crippen LogP contribution >= 0.6 is 0 Å². The average Bonchev–Trinajstić information content (AvgIpc) is 2.83. The monoisotopic (exact) mass is 417 g/mol. The lowest BCUT2D eigenvalue weighted by molar-refractivity contribution is -0.214. The van der Waals surface area contributed by atoms with Gasteiger partial charge in [-0.25, -0.2) is 0 Å². The Hall–Kier alpha value is -2.50. The summed E-state index contributed by atoms with van der Waals surface area (Å²) in [5.41, 5.74) is 3.34. The number of ether oxygens (including phenoxy) is 4. The van der Waals surface area contributed by atoms with Crippen LogP contribution < -0.4 is 0 Å². The van der Waals surface area contributed by atoms with Gasteiger partial charge in [0.2, 0.25) is 0 Å². The molecule has 4 heteroatoms. The van der Waals surface area contributed by atoms with Crippen LogP contribution in [-0.2, 0) is 38.8 Å². The van der Waals surface area contributed by atoms with Gasteiger partial charge in [-0.15, -0.1) is 0 Å². The molecule has 1 fully saturated rings. The molecule has 31 heavy (non-hydrogen) atoms. The lowest BCUT2D eigenvalue weighted by Crippen LogP contribution is -2.53. The van der Waals surface area contributed by atoms with Gasteiger partial charge in [-0.3, -0.25) is 0 Å². The molecule has 1 saturated heterocycles. The largest absolute Gasteiger partial charge is 0.368 e.